The van der Waals surface area contributed by atoms with Crippen molar-refractivity contribution in [1.29, 1.82) is 0 Å². The molecule has 0 saturated carbocycles. The fourth-order valence-corrected chi connectivity index (χ4v) is 1.07. The van der Waals surface area contributed by atoms with Crippen LogP contribution >= 0.6 is 0 Å². The summed E-state index contributed by atoms with van der Waals surface area (Å²) in [4.78, 5) is 13.9. The average Bonchev–Trinajstić information content (AvgIpc) is 2.20. The number of nitrogens with one attached hydrogen (secondary N) is 1. The van der Waals surface area contributed by atoms with Crippen LogP contribution in [0.1, 0.15) is 46.5 Å². The van der Waals surface area contributed by atoms with E-state index in [0.29, 0.717) is 6.61 Å². The summed E-state index contributed by atoms with van der Waals surface area (Å²) in [7, 11) is 0. The number of nitrogens with zero attached hydrogens (tertiary/aromatic N) is 1. The second-order valence-electron chi connectivity index (χ2n) is 4.03. The van der Waals surface area contributed by atoms with Gasteiger partial charge in [-0.05, 0) is 33.6 Å². The molecule has 0 aromatic heterocycles. The highest BCUT2D eigenvalue weighted by Gasteiger charge is 1.91. The first-order valence-corrected chi connectivity index (χ1v) is 5.80. The van der Waals surface area contributed by atoms with Crippen LogP contribution in [0, 0.1) is 0 Å². The van der Waals surface area contributed by atoms with Gasteiger partial charge in [-0.2, -0.15) is 0 Å². The molecule has 0 spiro atoms. The number of allylic oxidation sites excluding steroid dienone is 1. The van der Waals surface area contributed by atoms with Crippen LogP contribution in [0.3, 0.4) is 0 Å². The van der Waals surface area contributed by atoms with E-state index in [0.717, 1.165) is 37.2 Å². The second kappa shape index (κ2) is 10.6. The van der Waals surface area contributed by atoms with Crippen molar-refractivity contribution < 1.29 is 9.88 Å². The monoisotopic (exact) mass is 228 g/mol. The van der Waals surface area contributed by atoms with Gasteiger partial charge in [0.05, 0.1) is 6.61 Å². The minimum atomic E-state index is 0.607. The molecule has 4 nitrogen and oxygen atoms in total. The van der Waals surface area contributed by atoms with Crippen LogP contribution in [-0.4, -0.2) is 18.9 Å². The zero-order valence-corrected chi connectivity index (χ0v) is 10.7. The van der Waals surface area contributed by atoms with Crippen molar-refractivity contribution in [2.45, 2.75) is 46.5 Å². The third kappa shape index (κ3) is 13.1. The van der Waals surface area contributed by atoms with Crippen molar-refractivity contribution in [3.63, 3.8) is 0 Å². The van der Waals surface area contributed by atoms with E-state index in [1.54, 1.807) is 6.92 Å². The number of hydroxylamine groups is 1. The van der Waals surface area contributed by atoms with E-state index < -0.39 is 0 Å². The van der Waals surface area contributed by atoms with E-state index in [1.165, 1.54) is 6.42 Å². The van der Waals surface area contributed by atoms with Gasteiger partial charge in [0.1, 0.15) is 0 Å². The van der Waals surface area contributed by atoms with Gasteiger partial charge in [-0.25, -0.2) is 10.4 Å². The van der Waals surface area contributed by atoms with E-state index in [1.807, 2.05) is 13.8 Å². The molecule has 94 valence electrons. The summed E-state index contributed by atoms with van der Waals surface area (Å²) >= 11 is 0. The summed E-state index contributed by atoms with van der Waals surface area (Å²) in [5, 5.41) is 0. The molecule has 0 unspecified atom stereocenters. The van der Waals surface area contributed by atoms with Crippen LogP contribution in [0.4, 0.5) is 0 Å². The SMILES string of the molecule is C=C(C)NOOCCCCCCN=C(C)C. The van der Waals surface area contributed by atoms with Crippen molar-refractivity contribution in [3.05, 3.63) is 12.3 Å². The third-order valence-corrected chi connectivity index (χ3v) is 1.84. The van der Waals surface area contributed by atoms with Gasteiger partial charge in [-0.3, -0.25) is 4.99 Å². The molecule has 0 heterocycles. The summed E-state index contributed by atoms with van der Waals surface area (Å²) in [6, 6.07) is 0. The Balaban J connectivity index is 3.04. The zero-order chi connectivity index (χ0) is 12.2. The average molecular weight is 228 g/mol. The fourth-order valence-electron chi connectivity index (χ4n) is 1.07. The predicted octanol–water partition coefficient (Wildman–Crippen LogP) is 3.01. The smallest absolute Gasteiger partial charge is 0.0847 e. The maximum atomic E-state index is 4.89. The van der Waals surface area contributed by atoms with E-state index in [-0.39, 0.29) is 0 Å². The zero-order valence-electron chi connectivity index (χ0n) is 10.7. The Morgan fingerprint density at radius 1 is 1.12 bits per heavy atom. The summed E-state index contributed by atoms with van der Waals surface area (Å²) in [5.74, 6) is 0. The molecule has 1 N–H and O–H groups in total. The molecule has 0 atom stereocenters. The first kappa shape index (κ1) is 15.1. The Bertz CT molecular complexity index is 211. The maximum Gasteiger partial charge on any atom is 0.0847 e. The number of rotatable bonds is 10. The van der Waals surface area contributed by atoms with Gasteiger partial charge >= 0.3 is 0 Å². The molecule has 0 aliphatic carbocycles. The molecule has 0 aliphatic heterocycles. The lowest BCUT2D eigenvalue weighted by Crippen LogP contribution is -2.12. The Morgan fingerprint density at radius 2 is 1.81 bits per heavy atom. The minimum absolute atomic E-state index is 0.607. The number of hydrogen-bond acceptors (Lipinski definition) is 4. The molecule has 4 heteroatoms. The van der Waals surface area contributed by atoms with Crippen LogP contribution in [0.15, 0.2) is 17.3 Å². The summed E-state index contributed by atoms with van der Waals surface area (Å²) in [6.07, 6.45) is 4.49. The van der Waals surface area contributed by atoms with Crippen molar-refractivity contribution in [3.8, 4) is 0 Å². The Morgan fingerprint density at radius 3 is 2.44 bits per heavy atom. The van der Waals surface area contributed by atoms with E-state index in [4.69, 9.17) is 4.89 Å². The number of aliphatic imine (C=N–C) groups is 1. The van der Waals surface area contributed by atoms with Crippen molar-refractivity contribution >= 4 is 5.71 Å². The lowest BCUT2D eigenvalue weighted by molar-refractivity contribution is -0.329. The number of unbranched alkanes of at least 4 members (excludes halogenated alkanes) is 3. The normalized spacial score (nSPS) is 9.94. The van der Waals surface area contributed by atoms with Crippen LogP contribution < -0.4 is 5.48 Å². The molecule has 0 fully saturated rings. The minimum Gasteiger partial charge on any atom is -0.295 e. The summed E-state index contributed by atoms with van der Waals surface area (Å²) < 4.78 is 0. The second-order valence-corrected chi connectivity index (χ2v) is 4.03. The maximum absolute atomic E-state index is 4.89. The number of hydrogen-bond donors (Lipinski definition) is 1. The molecule has 0 aliphatic rings. The van der Waals surface area contributed by atoms with Crippen molar-refractivity contribution in [2.24, 2.45) is 4.99 Å². The van der Waals surface area contributed by atoms with Gasteiger partial charge < -0.3 is 0 Å². The Kier molecular flexibility index (Phi) is 10.1. The molecule has 0 aromatic carbocycles. The van der Waals surface area contributed by atoms with Crippen molar-refractivity contribution in [2.75, 3.05) is 13.2 Å². The van der Waals surface area contributed by atoms with Gasteiger partial charge in [-0.1, -0.05) is 19.4 Å². The van der Waals surface area contributed by atoms with Crippen LogP contribution in [0.5, 0.6) is 0 Å². The molecule has 0 aromatic rings. The van der Waals surface area contributed by atoms with E-state index in [2.05, 4.69) is 22.0 Å². The Hall–Kier alpha value is -0.870. The van der Waals surface area contributed by atoms with E-state index >= 15 is 0 Å². The largest absolute Gasteiger partial charge is 0.295 e. The van der Waals surface area contributed by atoms with Gasteiger partial charge in [0.25, 0.3) is 0 Å². The molecule has 0 rings (SSSR count). The third-order valence-electron chi connectivity index (χ3n) is 1.84. The molecular formula is C12H24N2O2. The van der Waals surface area contributed by atoms with Crippen molar-refractivity contribution in [1.82, 2.24) is 5.48 Å². The molecule has 16 heavy (non-hydrogen) atoms. The molecule has 0 bridgehead atoms. The molecule has 0 amide bonds. The van der Waals surface area contributed by atoms with Gasteiger partial charge in [0.15, 0.2) is 0 Å². The highest BCUT2D eigenvalue weighted by Crippen LogP contribution is 2.00. The van der Waals surface area contributed by atoms with E-state index in [9.17, 15) is 0 Å². The molecule has 0 saturated heterocycles. The lowest BCUT2D eigenvalue weighted by atomic mass is 10.2. The Labute approximate surface area is 98.6 Å². The highest BCUT2D eigenvalue weighted by molar-refractivity contribution is 5.78. The molecular weight excluding hydrogens is 204 g/mol. The molecule has 0 radical (unpaired) electrons. The quantitative estimate of drug-likeness (QED) is 0.270. The van der Waals surface area contributed by atoms with Gasteiger partial charge in [0.2, 0.25) is 0 Å². The lowest BCUT2D eigenvalue weighted by Gasteiger charge is -2.04. The van der Waals surface area contributed by atoms with Gasteiger partial charge in [-0.15, -0.1) is 4.99 Å². The summed E-state index contributed by atoms with van der Waals surface area (Å²) in [6.45, 7) is 11.0. The predicted molar refractivity (Wildman–Crippen MR) is 67.1 cm³/mol. The van der Waals surface area contributed by atoms with Crippen LogP contribution in [0.2, 0.25) is 0 Å². The topological polar surface area (TPSA) is 42.8 Å². The van der Waals surface area contributed by atoms with Crippen LogP contribution in [-0.2, 0) is 9.88 Å². The fraction of sp³-hybridized carbons (Fsp3) is 0.750. The van der Waals surface area contributed by atoms with Crippen LogP contribution in [0.25, 0.3) is 0 Å². The first-order valence-electron chi connectivity index (χ1n) is 5.80. The first-order chi connectivity index (χ1) is 7.63. The summed E-state index contributed by atoms with van der Waals surface area (Å²) in [5.41, 5.74) is 4.42. The standard InChI is InChI=1S/C12H24N2O2/c1-11(2)13-9-7-5-6-8-10-15-16-14-12(3)4/h14H,3,5-10H2,1-2,4H3. The highest BCUT2D eigenvalue weighted by atomic mass is 17.3. The van der Waals surface area contributed by atoms with Gasteiger partial charge in [0, 0.05) is 18.0 Å².